The number of carbonyl (C=O) groups is 1. The Bertz CT molecular complexity index is 1470. The molecule has 9 nitrogen and oxygen atoms in total. The zero-order valence-electron chi connectivity index (χ0n) is 20.3. The average Bonchev–Trinajstić information content (AvgIpc) is 3.17. The van der Waals surface area contributed by atoms with Gasteiger partial charge in [0.25, 0.3) is 0 Å². The molecule has 2 fully saturated rings. The van der Waals surface area contributed by atoms with Crippen LogP contribution in [0.1, 0.15) is 18.4 Å². The van der Waals surface area contributed by atoms with E-state index in [9.17, 15) is 18.0 Å². The summed E-state index contributed by atoms with van der Waals surface area (Å²) in [7, 11) is -2.27. The molecule has 0 saturated carbocycles. The first kappa shape index (κ1) is 24.9. The van der Waals surface area contributed by atoms with Crippen LogP contribution in [-0.4, -0.2) is 67.4 Å². The highest BCUT2D eigenvalue weighted by Gasteiger charge is 2.36. The summed E-state index contributed by atoms with van der Waals surface area (Å²) >= 11 is 6.18. The van der Waals surface area contributed by atoms with Crippen molar-refractivity contribution < 1.29 is 17.6 Å². The molecule has 1 amide bonds. The summed E-state index contributed by atoms with van der Waals surface area (Å²) in [5.41, 5.74) is 2.97. The van der Waals surface area contributed by atoms with Gasteiger partial charge in [0.15, 0.2) is 5.58 Å². The van der Waals surface area contributed by atoms with Gasteiger partial charge in [-0.1, -0.05) is 17.7 Å². The lowest BCUT2D eigenvalue weighted by molar-refractivity contribution is -0.137. The molecule has 3 aromatic rings. The van der Waals surface area contributed by atoms with Crippen molar-refractivity contribution in [2.45, 2.75) is 24.7 Å². The maximum Gasteiger partial charge on any atom is 0.419 e. The first-order valence-electron chi connectivity index (χ1n) is 12.0. The van der Waals surface area contributed by atoms with Crippen LogP contribution in [0.25, 0.3) is 11.1 Å². The normalized spacial score (nSPS) is 19.7. The molecule has 2 aliphatic heterocycles. The average molecular weight is 533 g/mol. The number of sulfonamides is 1. The van der Waals surface area contributed by atoms with Gasteiger partial charge in [-0.2, -0.15) is 4.31 Å². The van der Waals surface area contributed by atoms with E-state index in [1.165, 1.54) is 21.0 Å². The van der Waals surface area contributed by atoms with Crippen LogP contribution in [0.3, 0.4) is 0 Å². The smallest absolute Gasteiger partial charge is 0.408 e. The lowest BCUT2D eigenvalue weighted by Gasteiger charge is -2.40. The van der Waals surface area contributed by atoms with E-state index in [0.717, 1.165) is 11.3 Å². The number of nitrogens with zero attached hydrogens (tertiary/aromatic N) is 4. The molecule has 36 heavy (non-hydrogen) atoms. The molecule has 1 aromatic heterocycles. The third kappa shape index (κ3) is 4.53. The number of carbonyl (C=O) groups excluding carboxylic acids is 1. The molecule has 3 heterocycles. The molecule has 192 valence electrons. The maximum absolute atomic E-state index is 13.4. The van der Waals surface area contributed by atoms with Gasteiger partial charge in [0.2, 0.25) is 15.9 Å². The number of hydrogen-bond donors (Lipinski definition) is 0. The molecule has 11 heteroatoms. The lowest BCUT2D eigenvalue weighted by atomic mass is 9.97. The van der Waals surface area contributed by atoms with Gasteiger partial charge in [-0.15, -0.1) is 0 Å². The van der Waals surface area contributed by atoms with Crippen molar-refractivity contribution in [1.29, 1.82) is 0 Å². The number of rotatable bonds is 4. The second-order valence-corrected chi connectivity index (χ2v) is 11.9. The molecule has 2 aromatic carbocycles. The minimum Gasteiger partial charge on any atom is -0.408 e. The Morgan fingerprint density at radius 2 is 1.81 bits per heavy atom. The number of benzene rings is 2. The first-order valence-corrected chi connectivity index (χ1v) is 13.9. The standard InChI is InChI=1S/C25H29ClN4O5S/c1-17-5-6-19(26)14-22(17)28-10-12-29(13-11-28)24(31)18-4-3-9-30(16-18)36(33,34)20-7-8-21-23(15-20)35-25(32)27(21)2/h5-8,14-15,18H,3-4,9-13,16H2,1-2H3/t18-/m1/s1. The zero-order chi connectivity index (χ0) is 25.6. The number of oxazole rings is 1. The summed E-state index contributed by atoms with van der Waals surface area (Å²) in [5, 5.41) is 0.686. The van der Waals surface area contributed by atoms with E-state index in [1.54, 1.807) is 13.1 Å². The number of amides is 1. The number of aryl methyl sites for hydroxylation is 2. The van der Waals surface area contributed by atoms with Gasteiger partial charge in [-0.05, 0) is 49.6 Å². The number of fused-ring (bicyclic) bond motifs is 1. The molecule has 0 N–H and O–H groups in total. The number of piperidine rings is 1. The van der Waals surface area contributed by atoms with Gasteiger partial charge in [0.1, 0.15) is 0 Å². The highest BCUT2D eigenvalue weighted by atomic mass is 35.5. The Morgan fingerprint density at radius 1 is 1.06 bits per heavy atom. The highest BCUT2D eigenvalue weighted by Crippen LogP contribution is 2.29. The van der Waals surface area contributed by atoms with Crippen molar-refractivity contribution >= 4 is 44.3 Å². The van der Waals surface area contributed by atoms with Gasteiger partial charge >= 0.3 is 5.76 Å². The third-order valence-corrected chi connectivity index (χ3v) is 9.33. The Balaban J connectivity index is 1.27. The van der Waals surface area contributed by atoms with Crippen LogP contribution in [0.5, 0.6) is 0 Å². The van der Waals surface area contributed by atoms with Crippen LogP contribution in [0.2, 0.25) is 5.02 Å². The number of hydrogen-bond acceptors (Lipinski definition) is 6. The van der Waals surface area contributed by atoms with E-state index in [-0.39, 0.29) is 28.8 Å². The van der Waals surface area contributed by atoms with Crippen molar-refractivity contribution in [1.82, 2.24) is 13.8 Å². The van der Waals surface area contributed by atoms with Gasteiger partial charge < -0.3 is 14.2 Å². The van der Waals surface area contributed by atoms with Crippen molar-refractivity contribution in [2.75, 3.05) is 44.2 Å². The van der Waals surface area contributed by atoms with Crippen LogP contribution < -0.4 is 10.7 Å². The number of halogens is 1. The van der Waals surface area contributed by atoms with E-state index in [0.29, 0.717) is 56.1 Å². The maximum atomic E-state index is 13.4. The first-order chi connectivity index (χ1) is 17.1. The van der Waals surface area contributed by atoms with Crippen molar-refractivity contribution in [2.24, 2.45) is 13.0 Å². The SMILES string of the molecule is Cc1ccc(Cl)cc1N1CCN(C(=O)[C@@H]2CCCN(S(=O)(=O)c3ccc4c(c3)oc(=O)n4C)C2)CC1. The summed E-state index contributed by atoms with van der Waals surface area (Å²) in [6.07, 6.45) is 1.27. The summed E-state index contributed by atoms with van der Waals surface area (Å²) in [4.78, 5) is 29.3. The van der Waals surface area contributed by atoms with Crippen molar-refractivity contribution in [3.8, 4) is 0 Å². The number of anilines is 1. The van der Waals surface area contributed by atoms with Gasteiger partial charge in [0.05, 0.1) is 16.3 Å². The Morgan fingerprint density at radius 3 is 2.56 bits per heavy atom. The Hall–Kier alpha value is -2.82. The van der Waals surface area contributed by atoms with Crippen LogP contribution in [0.4, 0.5) is 5.69 Å². The van der Waals surface area contributed by atoms with Gasteiger partial charge in [-0.25, -0.2) is 13.2 Å². The van der Waals surface area contributed by atoms with E-state index in [1.807, 2.05) is 30.0 Å². The zero-order valence-corrected chi connectivity index (χ0v) is 21.9. The van der Waals surface area contributed by atoms with Crippen molar-refractivity contribution in [3.63, 3.8) is 0 Å². The van der Waals surface area contributed by atoms with Crippen LogP contribution in [0.15, 0.2) is 50.5 Å². The van der Waals surface area contributed by atoms with Gasteiger partial charge in [0, 0.05) is 63.1 Å². The molecule has 0 spiro atoms. The topological polar surface area (TPSA) is 96.1 Å². The number of aromatic nitrogens is 1. The van der Waals surface area contributed by atoms with Crippen LogP contribution in [-0.2, 0) is 21.9 Å². The largest absolute Gasteiger partial charge is 0.419 e. The quantitative estimate of drug-likeness (QED) is 0.512. The molecule has 2 aliphatic rings. The second kappa shape index (κ2) is 9.57. The van der Waals surface area contributed by atoms with Crippen LogP contribution >= 0.6 is 11.6 Å². The fourth-order valence-electron chi connectivity index (χ4n) is 5.14. The Labute approximate surface area is 214 Å². The molecule has 1 atom stereocenters. The minimum atomic E-state index is -3.84. The molecule has 0 bridgehead atoms. The minimum absolute atomic E-state index is 0.00174. The molecule has 0 radical (unpaired) electrons. The summed E-state index contributed by atoms with van der Waals surface area (Å²) in [6.45, 7) is 5.10. The molecule has 5 rings (SSSR count). The molecule has 0 aliphatic carbocycles. The van der Waals surface area contributed by atoms with Crippen LogP contribution in [0, 0.1) is 12.8 Å². The summed E-state index contributed by atoms with van der Waals surface area (Å²) < 4.78 is 34.6. The number of piperazine rings is 1. The highest BCUT2D eigenvalue weighted by molar-refractivity contribution is 7.89. The van der Waals surface area contributed by atoms with E-state index in [2.05, 4.69) is 4.90 Å². The lowest BCUT2D eigenvalue weighted by Crippen LogP contribution is -2.53. The fourth-order valence-corrected chi connectivity index (χ4v) is 6.84. The predicted octanol–water partition coefficient (Wildman–Crippen LogP) is 2.84. The molecule has 2 saturated heterocycles. The second-order valence-electron chi connectivity index (χ2n) is 9.50. The predicted molar refractivity (Wildman–Crippen MR) is 138 cm³/mol. The molecular weight excluding hydrogens is 504 g/mol. The summed E-state index contributed by atoms with van der Waals surface area (Å²) in [6, 6.07) is 10.3. The fraction of sp³-hybridized carbons (Fsp3) is 0.440. The van der Waals surface area contributed by atoms with Crippen molar-refractivity contribution in [3.05, 3.63) is 57.5 Å². The van der Waals surface area contributed by atoms with E-state index in [4.69, 9.17) is 16.0 Å². The van der Waals surface area contributed by atoms with E-state index >= 15 is 0 Å². The monoisotopic (exact) mass is 532 g/mol. The summed E-state index contributed by atoms with van der Waals surface area (Å²) in [5.74, 6) is -0.929. The Kier molecular flexibility index (Phi) is 6.61. The third-order valence-electron chi connectivity index (χ3n) is 7.24. The molecular formula is C25H29ClN4O5S. The molecule has 0 unspecified atom stereocenters. The van der Waals surface area contributed by atoms with E-state index < -0.39 is 15.8 Å². The van der Waals surface area contributed by atoms with Gasteiger partial charge in [-0.3, -0.25) is 9.36 Å².